The number of thiophene rings is 1. The lowest BCUT2D eigenvalue weighted by Crippen LogP contribution is -2.41. The summed E-state index contributed by atoms with van der Waals surface area (Å²) in [5.74, 6) is 0.882. The van der Waals surface area contributed by atoms with Crippen molar-refractivity contribution in [2.45, 2.75) is 31.4 Å². The summed E-state index contributed by atoms with van der Waals surface area (Å²) in [5, 5.41) is 14.7. The van der Waals surface area contributed by atoms with Crippen LogP contribution in [0.5, 0.6) is 5.75 Å². The highest BCUT2D eigenvalue weighted by molar-refractivity contribution is 7.10. The molecule has 2 aromatic rings. The van der Waals surface area contributed by atoms with Crippen molar-refractivity contribution in [1.29, 1.82) is 0 Å². The number of hydrogen-bond donors (Lipinski definition) is 2. The summed E-state index contributed by atoms with van der Waals surface area (Å²) >= 11 is 1.58. The molecule has 0 radical (unpaired) electrons. The van der Waals surface area contributed by atoms with E-state index >= 15 is 0 Å². The van der Waals surface area contributed by atoms with Crippen LogP contribution in [0.25, 0.3) is 0 Å². The summed E-state index contributed by atoms with van der Waals surface area (Å²) in [6, 6.07) is 5.65. The Bertz CT molecular complexity index is 654. The lowest BCUT2D eigenvalue weighted by molar-refractivity contribution is -0.122. The third-order valence-corrected chi connectivity index (χ3v) is 5.06. The summed E-state index contributed by atoms with van der Waals surface area (Å²) < 4.78 is 5.22. The minimum absolute atomic E-state index is 0.0124. The van der Waals surface area contributed by atoms with Gasteiger partial charge in [-0.25, -0.2) is 0 Å². The van der Waals surface area contributed by atoms with Crippen molar-refractivity contribution in [2.24, 2.45) is 5.92 Å². The number of aliphatic hydroxyl groups is 1. The number of pyridine rings is 1. The third-order valence-electron chi connectivity index (χ3n) is 4.18. The Labute approximate surface area is 139 Å². The maximum absolute atomic E-state index is 12.4. The van der Waals surface area contributed by atoms with Gasteiger partial charge >= 0.3 is 0 Å². The average molecular weight is 332 g/mol. The minimum Gasteiger partial charge on any atom is -0.495 e. The molecule has 2 heterocycles. The largest absolute Gasteiger partial charge is 0.495 e. The molecule has 1 aliphatic carbocycles. The zero-order valence-corrected chi connectivity index (χ0v) is 13.8. The molecule has 1 fully saturated rings. The summed E-state index contributed by atoms with van der Waals surface area (Å²) in [6.07, 6.45) is 4.89. The first-order chi connectivity index (χ1) is 11.2. The van der Waals surface area contributed by atoms with Crippen molar-refractivity contribution in [3.63, 3.8) is 0 Å². The number of aromatic nitrogens is 1. The molecule has 0 aromatic carbocycles. The molecule has 0 saturated heterocycles. The van der Waals surface area contributed by atoms with Crippen molar-refractivity contribution in [2.75, 3.05) is 7.11 Å². The Balaban J connectivity index is 1.74. The second-order valence-corrected chi connectivity index (χ2v) is 6.88. The SMILES string of the molecule is COc1cncc([C@@H](NC(=O)Cc2cccs2)C2CC(O)C2)c1. The lowest BCUT2D eigenvalue weighted by atomic mass is 9.75. The Morgan fingerprint density at radius 2 is 2.35 bits per heavy atom. The average Bonchev–Trinajstić information content (AvgIpc) is 3.03. The Kier molecular flexibility index (Phi) is 4.93. The number of ether oxygens (including phenoxy) is 1. The Morgan fingerprint density at radius 1 is 1.52 bits per heavy atom. The molecule has 1 saturated carbocycles. The van der Waals surface area contributed by atoms with Gasteiger partial charge in [-0.1, -0.05) is 6.07 Å². The monoisotopic (exact) mass is 332 g/mol. The van der Waals surface area contributed by atoms with E-state index in [1.54, 1.807) is 30.8 Å². The molecule has 0 aliphatic heterocycles. The molecule has 1 aliphatic rings. The molecule has 0 unspecified atom stereocenters. The van der Waals surface area contributed by atoms with Crippen molar-refractivity contribution >= 4 is 17.2 Å². The zero-order chi connectivity index (χ0) is 16.2. The van der Waals surface area contributed by atoms with Gasteiger partial charge in [0.2, 0.25) is 5.91 Å². The number of nitrogens with zero attached hydrogens (tertiary/aromatic N) is 1. The summed E-state index contributed by atoms with van der Waals surface area (Å²) in [6.45, 7) is 0. The van der Waals surface area contributed by atoms with Crippen molar-refractivity contribution in [1.82, 2.24) is 10.3 Å². The van der Waals surface area contributed by atoms with Gasteiger partial charge in [0.15, 0.2) is 0 Å². The fourth-order valence-corrected chi connectivity index (χ4v) is 3.59. The Morgan fingerprint density at radius 3 is 3.00 bits per heavy atom. The van der Waals surface area contributed by atoms with E-state index in [1.165, 1.54) is 0 Å². The number of rotatable bonds is 6. The first-order valence-corrected chi connectivity index (χ1v) is 8.52. The molecule has 1 amide bonds. The van der Waals surface area contributed by atoms with E-state index in [4.69, 9.17) is 4.74 Å². The summed E-state index contributed by atoms with van der Waals surface area (Å²) in [7, 11) is 1.60. The predicted octanol–water partition coefficient (Wildman–Crippen LogP) is 2.32. The standard InChI is InChI=1S/C17H20N2O3S/c1-22-14-7-12(9-18-10-14)17(11-5-13(20)6-11)19-16(21)8-15-3-2-4-23-15/h2-4,7,9-11,13,17,20H,5-6,8H2,1H3,(H,19,21)/t11?,13?,17-/m0/s1. The highest BCUT2D eigenvalue weighted by Gasteiger charge is 2.36. The summed E-state index contributed by atoms with van der Waals surface area (Å²) in [4.78, 5) is 17.6. The maximum Gasteiger partial charge on any atom is 0.225 e. The van der Waals surface area contributed by atoms with Gasteiger partial charge in [-0.15, -0.1) is 11.3 Å². The number of nitrogens with one attached hydrogen (secondary N) is 1. The molecule has 6 heteroatoms. The van der Waals surface area contributed by atoms with Crippen LogP contribution in [0.1, 0.15) is 29.3 Å². The number of hydrogen-bond acceptors (Lipinski definition) is 5. The fraction of sp³-hybridized carbons (Fsp3) is 0.412. The number of carbonyl (C=O) groups is 1. The van der Waals surface area contributed by atoms with E-state index in [9.17, 15) is 9.90 Å². The van der Waals surface area contributed by atoms with Crippen molar-refractivity contribution < 1.29 is 14.6 Å². The maximum atomic E-state index is 12.4. The van der Waals surface area contributed by atoms with Crippen LogP contribution in [0, 0.1) is 5.92 Å². The van der Waals surface area contributed by atoms with E-state index < -0.39 is 0 Å². The van der Waals surface area contributed by atoms with Crippen LogP contribution in [-0.4, -0.2) is 29.2 Å². The van der Waals surface area contributed by atoms with Gasteiger partial charge in [-0.3, -0.25) is 9.78 Å². The predicted molar refractivity (Wildman–Crippen MR) is 88.4 cm³/mol. The molecule has 3 rings (SSSR count). The third kappa shape index (κ3) is 3.89. The van der Waals surface area contributed by atoms with Crippen molar-refractivity contribution in [3.05, 3.63) is 46.4 Å². The van der Waals surface area contributed by atoms with Gasteiger partial charge in [-0.05, 0) is 41.8 Å². The normalized spacial score (nSPS) is 21.3. The molecule has 5 nitrogen and oxygen atoms in total. The second kappa shape index (κ2) is 7.10. The zero-order valence-electron chi connectivity index (χ0n) is 12.9. The number of amides is 1. The topological polar surface area (TPSA) is 71.5 Å². The van der Waals surface area contributed by atoms with Crippen LogP contribution in [0.15, 0.2) is 36.0 Å². The highest BCUT2D eigenvalue weighted by Crippen LogP contribution is 2.38. The molecule has 23 heavy (non-hydrogen) atoms. The van der Waals surface area contributed by atoms with Gasteiger partial charge in [0, 0.05) is 11.1 Å². The first-order valence-electron chi connectivity index (χ1n) is 7.64. The number of carbonyl (C=O) groups excluding carboxylic acids is 1. The van der Waals surface area contributed by atoms with Gasteiger partial charge in [0.1, 0.15) is 5.75 Å². The van der Waals surface area contributed by atoms with Crippen LogP contribution in [0.2, 0.25) is 0 Å². The number of methoxy groups -OCH3 is 1. The van der Waals surface area contributed by atoms with Crippen LogP contribution < -0.4 is 10.1 Å². The van der Waals surface area contributed by atoms with E-state index in [0.29, 0.717) is 25.0 Å². The minimum atomic E-state index is -0.268. The van der Waals surface area contributed by atoms with Crippen LogP contribution >= 0.6 is 11.3 Å². The van der Waals surface area contributed by atoms with Gasteiger partial charge in [0.25, 0.3) is 0 Å². The number of aliphatic hydroxyl groups excluding tert-OH is 1. The molecule has 122 valence electrons. The quantitative estimate of drug-likeness (QED) is 0.852. The molecule has 1 atom stereocenters. The molecular weight excluding hydrogens is 312 g/mol. The van der Waals surface area contributed by atoms with E-state index in [1.807, 2.05) is 23.6 Å². The van der Waals surface area contributed by atoms with Crippen LogP contribution in [-0.2, 0) is 11.2 Å². The second-order valence-electron chi connectivity index (χ2n) is 5.84. The van der Waals surface area contributed by atoms with Gasteiger partial charge in [-0.2, -0.15) is 0 Å². The lowest BCUT2D eigenvalue weighted by Gasteiger charge is -2.38. The van der Waals surface area contributed by atoms with Crippen LogP contribution in [0.3, 0.4) is 0 Å². The van der Waals surface area contributed by atoms with Gasteiger partial charge < -0.3 is 15.2 Å². The van der Waals surface area contributed by atoms with Gasteiger partial charge in [0.05, 0.1) is 31.9 Å². The molecule has 0 spiro atoms. The van der Waals surface area contributed by atoms with Crippen LogP contribution in [0.4, 0.5) is 0 Å². The highest BCUT2D eigenvalue weighted by atomic mass is 32.1. The van der Waals surface area contributed by atoms with Crippen molar-refractivity contribution in [3.8, 4) is 5.75 Å². The molecule has 2 aromatic heterocycles. The van der Waals surface area contributed by atoms with E-state index in [2.05, 4.69) is 10.3 Å². The van der Waals surface area contributed by atoms with E-state index in [-0.39, 0.29) is 24.0 Å². The molecule has 0 bridgehead atoms. The smallest absolute Gasteiger partial charge is 0.225 e. The fourth-order valence-electron chi connectivity index (χ4n) is 2.89. The molecule has 2 N–H and O–H groups in total. The van der Waals surface area contributed by atoms with E-state index in [0.717, 1.165) is 10.4 Å². The molecular formula is C17H20N2O3S. The first kappa shape index (κ1) is 16.0. The summed E-state index contributed by atoms with van der Waals surface area (Å²) in [5.41, 5.74) is 0.917. The Hall–Kier alpha value is -1.92.